The van der Waals surface area contributed by atoms with Gasteiger partial charge in [-0.25, -0.2) is 9.78 Å². The lowest BCUT2D eigenvalue weighted by molar-refractivity contribution is 0.388. The summed E-state index contributed by atoms with van der Waals surface area (Å²) in [4.78, 5) is 32.7. The second kappa shape index (κ2) is 11.0. The third-order valence-corrected chi connectivity index (χ3v) is 7.13. The zero-order chi connectivity index (χ0) is 27.5. The number of aryl methyl sites for hydroxylation is 1. The summed E-state index contributed by atoms with van der Waals surface area (Å²) >= 11 is 0. The number of benzene rings is 3. The summed E-state index contributed by atoms with van der Waals surface area (Å²) in [5.74, 6) is 0.729. The van der Waals surface area contributed by atoms with E-state index in [1.165, 1.54) is 0 Å². The number of unbranched alkanes of at least 4 members (excludes halogenated alkanes) is 1. The normalized spacial score (nSPS) is 11.3. The number of nitrogens with one attached hydrogen (secondary N) is 1. The van der Waals surface area contributed by atoms with Gasteiger partial charge < -0.3 is 9.13 Å². The highest BCUT2D eigenvalue weighted by Gasteiger charge is 2.17. The lowest BCUT2D eigenvalue weighted by Gasteiger charge is -2.12. The molecule has 0 spiro atoms. The van der Waals surface area contributed by atoms with Gasteiger partial charge in [0.2, 0.25) is 0 Å². The molecule has 0 aliphatic carbocycles. The molecule has 0 radical (unpaired) electrons. The van der Waals surface area contributed by atoms with E-state index in [4.69, 9.17) is 9.51 Å². The van der Waals surface area contributed by atoms with E-state index in [0.717, 1.165) is 58.4 Å². The monoisotopic (exact) mass is 531 g/mol. The van der Waals surface area contributed by atoms with Gasteiger partial charge >= 0.3 is 5.76 Å². The van der Waals surface area contributed by atoms with Crippen LogP contribution in [0, 0.1) is 0 Å². The van der Waals surface area contributed by atoms with E-state index in [-0.39, 0.29) is 5.56 Å². The molecule has 3 aromatic carbocycles. The first-order chi connectivity index (χ1) is 19.6. The molecule has 0 atom stereocenters. The van der Waals surface area contributed by atoms with Gasteiger partial charge in [0.1, 0.15) is 11.3 Å². The standard InChI is InChI=1S/C32H29N5O3/c1-2-3-13-28-33-27-18-19-36(20-22-9-5-4-6-10-22)31(38)29(27)37(28)21-23-14-16-24(17-15-23)25-11-7-8-12-26(25)30-34-32(39)40-35-30/h4-12,14-19H,2-3,13,20-21H2,1H3,(H,34,35,39). The Morgan fingerprint density at radius 1 is 0.825 bits per heavy atom. The zero-order valence-corrected chi connectivity index (χ0v) is 22.2. The molecule has 0 saturated carbocycles. The van der Waals surface area contributed by atoms with Crippen LogP contribution >= 0.6 is 0 Å². The minimum absolute atomic E-state index is 0.0382. The summed E-state index contributed by atoms with van der Waals surface area (Å²) in [6.45, 7) is 3.21. The predicted molar refractivity (Wildman–Crippen MR) is 155 cm³/mol. The van der Waals surface area contributed by atoms with Gasteiger partial charge in [-0.05, 0) is 34.7 Å². The molecule has 3 heterocycles. The molecule has 8 heteroatoms. The lowest BCUT2D eigenvalue weighted by Crippen LogP contribution is -2.22. The number of H-pyrrole nitrogens is 1. The molecule has 1 N–H and O–H groups in total. The summed E-state index contributed by atoms with van der Waals surface area (Å²) in [6, 6.07) is 27.9. The summed E-state index contributed by atoms with van der Waals surface area (Å²) in [6.07, 6.45) is 4.70. The molecule has 0 amide bonds. The summed E-state index contributed by atoms with van der Waals surface area (Å²) in [7, 11) is 0. The first kappa shape index (κ1) is 25.3. The molecule has 6 rings (SSSR count). The minimum atomic E-state index is -0.589. The van der Waals surface area contributed by atoms with E-state index in [9.17, 15) is 9.59 Å². The van der Waals surface area contributed by atoms with Crippen LogP contribution in [0.15, 0.2) is 105 Å². The largest absolute Gasteiger partial charge is 0.439 e. The molecular weight excluding hydrogens is 502 g/mol. The highest BCUT2D eigenvalue weighted by atomic mass is 16.5. The molecule has 3 aromatic heterocycles. The summed E-state index contributed by atoms with van der Waals surface area (Å²) in [5.41, 5.74) is 6.15. The fourth-order valence-corrected chi connectivity index (χ4v) is 5.09. The van der Waals surface area contributed by atoms with Crippen molar-refractivity contribution in [1.29, 1.82) is 0 Å². The second-order valence-electron chi connectivity index (χ2n) is 9.87. The molecule has 0 saturated heterocycles. The highest BCUT2D eigenvalue weighted by Crippen LogP contribution is 2.30. The first-order valence-corrected chi connectivity index (χ1v) is 13.5. The van der Waals surface area contributed by atoms with E-state index in [1.54, 1.807) is 4.57 Å². The smallest absolute Gasteiger partial charge is 0.319 e. The minimum Gasteiger partial charge on any atom is -0.319 e. The van der Waals surface area contributed by atoms with E-state index in [0.29, 0.717) is 24.4 Å². The van der Waals surface area contributed by atoms with E-state index >= 15 is 0 Å². The van der Waals surface area contributed by atoms with E-state index in [2.05, 4.69) is 33.8 Å². The molecule has 0 aliphatic heterocycles. The third-order valence-electron chi connectivity index (χ3n) is 7.13. The average molecular weight is 532 g/mol. The van der Waals surface area contributed by atoms with Gasteiger partial charge in [0.25, 0.3) is 5.56 Å². The van der Waals surface area contributed by atoms with Crippen LogP contribution in [0.1, 0.15) is 36.7 Å². The Morgan fingerprint density at radius 3 is 2.27 bits per heavy atom. The Bertz CT molecular complexity index is 1880. The van der Waals surface area contributed by atoms with Crippen LogP contribution in [0.4, 0.5) is 0 Å². The van der Waals surface area contributed by atoms with Crippen molar-refractivity contribution >= 4 is 11.0 Å². The predicted octanol–water partition coefficient (Wildman–Crippen LogP) is 5.65. The SMILES string of the molecule is CCCCc1nc2ccn(Cc3ccccc3)c(=O)c2n1Cc1ccc(-c2ccccc2-c2noc(=O)[nH]2)cc1. The molecule has 0 aliphatic rings. The van der Waals surface area contributed by atoms with Crippen LogP contribution in [0.3, 0.4) is 0 Å². The molecule has 0 unspecified atom stereocenters. The Hall–Kier alpha value is -4.98. The second-order valence-corrected chi connectivity index (χ2v) is 9.87. The highest BCUT2D eigenvalue weighted by molar-refractivity contribution is 5.80. The number of imidazole rings is 1. The van der Waals surface area contributed by atoms with Gasteiger partial charge in [-0.2, -0.15) is 0 Å². The summed E-state index contributed by atoms with van der Waals surface area (Å²) in [5, 5.41) is 3.86. The van der Waals surface area contributed by atoms with Crippen molar-refractivity contribution < 1.29 is 4.52 Å². The molecular formula is C32H29N5O3. The van der Waals surface area contributed by atoms with Gasteiger partial charge in [-0.15, -0.1) is 0 Å². The Kier molecular flexibility index (Phi) is 6.97. The van der Waals surface area contributed by atoms with Crippen molar-refractivity contribution in [3.05, 3.63) is 129 Å². The number of aromatic nitrogens is 5. The topological polar surface area (TPSA) is 98.7 Å². The van der Waals surface area contributed by atoms with Crippen LogP contribution in [0.25, 0.3) is 33.5 Å². The van der Waals surface area contributed by atoms with Gasteiger partial charge in [0.15, 0.2) is 5.82 Å². The zero-order valence-electron chi connectivity index (χ0n) is 22.2. The van der Waals surface area contributed by atoms with Crippen molar-refractivity contribution in [2.75, 3.05) is 0 Å². The maximum absolute atomic E-state index is 13.7. The summed E-state index contributed by atoms with van der Waals surface area (Å²) < 4.78 is 8.55. The molecule has 40 heavy (non-hydrogen) atoms. The van der Waals surface area contributed by atoms with Crippen LogP contribution in [0.5, 0.6) is 0 Å². The van der Waals surface area contributed by atoms with E-state index in [1.807, 2.05) is 79.0 Å². The quantitative estimate of drug-likeness (QED) is 0.260. The first-order valence-electron chi connectivity index (χ1n) is 13.5. The van der Waals surface area contributed by atoms with Gasteiger partial charge in [0, 0.05) is 24.7 Å². The lowest BCUT2D eigenvalue weighted by atomic mass is 9.98. The Balaban J connectivity index is 1.36. The average Bonchev–Trinajstić information content (AvgIpc) is 3.58. The number of hydrogen-bond donors (Lipinski definition) is 1. The van der Waals surface area contributed by atoms with Crippen molar-refractivity contribution in [3.8, 4) is 22.5 Å². The number of pyridine rings is 1. The van der Waals surface area contributed by atoms with Crippen molar-refractivity contribution in [1.82, 2.24) is 24.3 Å². The van der Waals surface area contributed by atoms with Crippen LogP contribution in [0.2, 0.25) is 0 Å². The number of nitrogens with zero attached hydrogens (tertiary/aromatic N) is 4. The fraction of sp³-hybridized carbons (Fsp3) is 0.188. The van der Waals surface area contributed by atoms with Crippen LogP contribution in [-0.4, -0.2) is 24.3 Å². The van der Waals surface area contributed by atoms with E-state index < -0.39 is 5.76 Å². The number of aromatic amines is 1. The number of rotatable bonds is 9. The molecule has 6 aromatic rings. The van der Waals surface area contributed by atoms with Crippen molar-refractivity contribution in [3.63, 3.8) is 0 Å². The van der Waals surface area contributed by atoms with Gasteiger partial charge in [-0.3, -0.25) is 14.3 Å². The van der Waals surface area contributed by atoms with Crippen LogP contribution in [-0.2, 0) is 19.5 Å². The molecule has 0 bridgehead atoms. The maximum Gasteiger partial charge on any atom is 0.439 e. The van der Waals surface area contributed by atoms with Gasteiger partial charge in [0.05, 0.1) is 12.1 Å². The molecule has 8 nitrogen and oxygen atoms in total. The Labute approximate surface area is 230 Å². The van der Waals surface area contributed by atoms with Crippen molar-refractivity contribution in [2.24, 2.45) is 0 Å². The van der Waals surface area contributed by atoms with Crippen LogP contribution < -0.4 is 11.3 Å². The molecule has 200 valence electrons. The maximum atomic E-state index is 13.7. The molecule has 0 fully saturated rings. The fourth-order valence-electron chi connectivity index (χ4n) is 5.09. The van der Waals surface area contributed by atoms with Gasteiger partial charge in [-0.1, -0.05) is 97.4 Å². The Morgan fingerprint density at radius 2 is 1.55 bits per heavy atom. The van der Waals surface area contributed by atoms with Crippen molar-refractivity contribution in [2.45, 2.75) is 39.3 Å². The number of hydrogen-bond acceptors (Lipinski definition) is 5. The third kappa shape index (κ3) is 5.03. The number of fused-ring (bicyclic) bond motifs is 1.